The largest absolute Gasteiger partial charge is 0.390 e. The summed E-state index contributed by atoms with van der Waals surface area (Å²) >= 11 is 0. The third-order valence-corrected chi connectivity index (χ3v) is 4.34. The molecule has 0 bridgehead atoms. The molecule has 0 radical (unpaired) electrons. The van der Waals surface area contributed by atoms with Gasteiger partial charge in [-0.1, -0.05) is 12.2 Å². The topological polar surface area (TPSA) is 58.4 Å². The third-order valence-electron chi connectivity index (χ3n) is 4.34. The maximum atomic E-state index is 12.5. The molecule has 1 N–H and O–H groups in total. The predicted octanol–water partition coefficient (Wildman–Crippen LogP) is 1.25. The van der Waals surface area contributed by atoms with Crippen LogP contribution in [-0.4, -0.2) is 32.2 Å². The van der Waals surface area contributed by atoms with Crippen LogP contribution in [0.1, 0.15) is 36.7 Å². The summed E-state index contributed by atoms with van der Waals surface area (Å²) in [7, 11) is 0. The van der Waals surface area contributed by atoms with Crippen molar-refractivity contribution in [2.45, 2.75) is 45.9 Å². The van der Waals surface area contributed by atoms with E-state index in [0.29, 0.717) is 6.54 Å². The molecule has 20 heavy (non-hydrogen) atoms. The number of carbonyl (C=O) groups excluding carboxylic acids is 1. The number of hydrogen-bond donors (Lipinski definition) is 1. The first kappa shape index (κ1) is 13.4. The average molecular weight is 275 g/mol. The lowest BCUT2D eigenvalue weighted by Crippen LogP contribution is -2.39. The van der Waals surface area contributed by atoms with Crippen molar-refractivity contribution >= 4 is 5.91 Å². The molecule has 0 atom stereocenters. The Labute approximate surface area is 118 Å². The highest BCUT2D eigenvalue weighted by Crippen LogP contribution is 2.27. The highest BCUT2D eigenvalue weighted by atomic mass is 16.3. The molecule has 1 aliphatic heterocycles. The number of aromatic nitrogens is 2. The zero-order valence-corrected chi connectivity index (χ0v) is 11.9. The van der Waals surface area contributed by atoms with E-state index in [1.807, 2.05) is 9.58 Å². The summed E-state index contributed by atoms with van der Waals surface area (Å²) in [5.41, 5.74) is 2.97. The average Bonchev–Trinajstić information content (AvgIpc) is 3.13. The van der Waals surface area contributed by atoms with E-state index in [1.54, 1.807) is 0 Å². The summed E-state index contributed by atoms with van der Waals surface area (Å²) < 4.78 is 1.96. The second-order valence-corrected chi connectivity index (χ2v) is 5.50. The number of aliphatic hydroxyl groups is 1. The van der Waals surface area contributed by atoms with Gasteiger partial charge in [0.05, 0.1) is 12.3 Å². The molecular formula is C15H21N3O2. The Hall–Kier alpha value is -1.62. The van der Waals surface area contributed by atoms with Gasteiger partial charge >= 0.3 is 0 Å². The van der Waals surface area contributed by atoms with Crippen LogP contribution >= 0.6 is 0 Å². The number of fused-ring (bicyclic) bond motifs is 1. The summed E-state index contributed by atoms with van der Waals surface area (Å²) in [5.74, 6) is 0.365. The highest BCUT2D eigenvalue weighted by Gasteiger charge is 2.30. The van der Waals surface area contributed by atoms with E-state index in [1.165, 1.54) is 5.69 Å². The number of rotatable bonds is 3. The summed E-state index contributed by atoms with van der Waals surface area (Å²) in [5, 5.41) is 13.9. The van der Waals surface area contributed by atoms with Crippen molar-refractivity contribution < 1.29 is 9.90 Å². The van der Waals surface area contributed by atoms with Gasteiger partial charge in [0.25, 0.3) is 0 Å². The molecule has 5 nitrogen and oxygen atoms in total. The van der Waals surface area contributed by atoms with Gasteiger partial charge < -0.3 is 10.0 Å². The van der Waals surface area contributed by atoms with Gasteiger partial charge in [-0.25, -0.2) is 0 Å². The van der Waals surface area contributed by atoms with Crippen molar-refractivity contribution in [3.05, 3.63) is 29.1 Å². The number of carbonyl (C=O) groups is 1. The SMILES string of the molecule is CCn1nc(CO)c2c1CCN(C(=O)C1CC=CC1)C2. The molecule has 3 rings (SSSR count). The van der Waals surface area contributed by atoms with Gasteiger partial charge in [-0.3, -0.25) is 9.48 Å². The van der Waals surface area contributed by atoms with Gasteiger partial charge in [0.2, 0.25) is 5.91 Å². The number of amides is 1. The molecular weight excluding hydrogens is 254 g/mol. The van der Waals surface area contributed by atoms with Crippen LogP contribution in [-0.2, 0) is 30.9 Å². The fourth-order valence-corrected chi connectivity index (χ4v) is 3.22. The molecule has 2 aliphatic rings. The zero-order valence-electron chi connectivity index (χ0n) is 11.9. The summed E-state index contributed by atoms with van der Waals surface area (Å²) in [4.78, 5) is 14.4. The lowest BCUT2D eigenvalue weighted by atomic mass is 10.0. The van der Waals surface area contributed by atoms with Crippen LogP contribution in [0.2, 0.25) is 0 Å². The van der Waals surface area contributed by atoms with Crippen LogP contribution in [0, 0.1) is 5.92 Å². The molecule has 0 saturated carbocycles. The highest BCUT2D eigenvalue weighted by molar-refractivity contribution is 5.80. The Bertz CT molecular complexity index is 540. The second kappa shape index (κ2) is 5.40. The van der Waals surface area contributed by atoms with Crippen molar-refractivity contribution in [2.75, 3.05) is 6.54 Å². The molecule has 1 aromatic rings. The van der Waals surface area contributed by atoms with E-state index in [0.717, 1.165) is 43.6 Å². The predicted molar refractivity (Wildman–Crippen MR) is 74.8 cm³/mol. The zero-order chi connectivity index (χ0) is 14.1. The van der Waals surface area contributed by atoms with Gasteiger partial charge in [-0.05, 0) is 19.8 Å². The fourth-order valence-electron chi connectivity index (χ4n) is 3.22. The standard InChI is InChI=1S/C15H21N3O2/c1-2-18-14-7-8-17(9-12(14)13(10-19)16-18)15(20)11-5-3-4-6-11/h3-4,11,19H,2,5-10H2,1H3. The Morgan fingerprint density at radius 1 is 1.45 bits per heavy atom. The van der Waals surface area contributed by atoms with Crippen LogP contribution < -0.4 is 0 Å². The number of allylic oxidation sites excluding steroid dienone is 2. The molecule has 1 amide bonds. The number of nitrogens with zero attached hydrogens (tertiary/aromatic N) is 3. The van der Waals surface area contributed by atoms with Crippen LogP contribution in [0.25, 0.3) is 0 Å². The molecule has 0 saturated heterocycles. The van der Waals surface area contributed by atoms with E-state index in [-0.39, 0.29) is 18.4 Å². The summed E-state index contributed by atoms with van der Waals surface area (Å²) in [6.07, 6.45) is 6.74. The summed E-state index contributed by atoms with van der Waals surface area (Å²) in [6.45, 7) is 4.17. The van der Waals surface area contributed by atoms with Crippen molar-refractivity contribution in [1.82, 2.24) is 14.7 Å². The van der Waals surface area contributed by atoms with Crippen molar-refractivity contribution in [3.8, 4) is 0 Å². The van der Waals surface area contributed by atoms with E-state index in [2.05, 4.69) is 24.2 Å². The lowest BCUT2D eigenvalue weighted by molar-refractivity contribution is -0.136. The lowest BCUT2D eigenvalue weighted by Gasteiger charge is -2.30. The smallest absolute Gasteiger partial charge is 0.226 e. The van der Waals surface area contributed by atoms with Gasteiger partial charge in [0, 0.05) is 43.2 Å². The van der Waals surface area contributed by atoms with Crippen LogP contribution in [0.3, 0.4) is 0 Å². The van der Waals surface area contributed by atoms with Gasteiger partial charge in [-0.15, -0.1) is 0 Å². The van der Waals surface area contributed by atoms with Crippen LogP contribution in [0.15, 0.2) is 12.2 Å². The van der Waals surface area contributed by atoms with Crippen LogP contribution in [0.4, 0.5) is 0 Å². The van der Waals surface area contributed by atoms with E-state index >= 15 is 0 Å². The molecule has 0 aromatic carbocycles. The van der Waals surface area contributed by atoms with Crippen LogP contribution in [0.5, 0.6) is 0 Å². The number of aryl methyl sites for hydroxylation is 1. The van der Waals surface area contributed by atoms with E-state index in [9.17, 15) is 9.90 Å². The maximum absolute atomic E-state index is 12.5. The van der Waals surface area contributed by atoms with Crippen molar-refractivity contribution in [2.24, 2.45) is 5.92 Å². The quantitative estimate of drug-likeness (QED) is 0.845. The Kier molecular flexibility index (Phi) is 3.61. The minimum absolute atomic E-state index is 0.0532. The van der Waals surface area contributed by atoms with E-state index in [4.69, 9.17) is 0 Å². The molecule has 108 valence electrons. The minimum Gasteiger partial charge on any atom is -0.390 e. The molecule has 5 heteroatoms. The normalized spacial score (nSPS) is 18.6. The third kappa shape index (κ3) is 2.16. The van der Waals surface area contributed by atoms with Crippen molar-refractivity contribution in [1.29, 1.82) is 0 Å². The molecule has 1 aliphatic carbocycles. The van der Waals surface area contributed by atoms with Gasteiger partial charge in [-0.2, -0.15) is 5.10 Å². The van der Waals surface area contributed by atoms with Crippen molar-refractivity contribution in [3.63, 3.8) is 0 Å². The Morgan fingerprint density at radius 2 is 2.20 bits per heavy atom. The van der Waals surface area contributed by atoms with Gasteiger partial charge in [0.1, 0.15) is 0 Å². The summed E-state index contributed by atoms with van der Waals surface area (Å²) in [6, 6.07) is 0. The molecule has 2 heterocycles. The molecule has 0 fully saturated rings. The first-order chi connectivity index (χ1) is 9.74. The second-order valence-electron chi connectivity index (χ2n) is 5.50. The number of hydrogen-bond acceptors (Lipinski definition) is 3. The van der Waals surface area contributed by atoms with E-state index < -0.39 is 0 Å². The molecule has 0 unspecified atom stereocenters. The Morgan fingerprint density at radius 3 is 2.85 bits per heavy atom. The maximum Gasteiger partial charge on any atom is 0.226 e. The Balaban J connectivity index is 1.80. The monoisotopic (exact) mass is 275 g/mol. The first-order valence-corrected chi connectivity index (χ1v) is 7.36. The molecule has 1 aromatic heterocycles. The first-order valence-electron chi connectivity index (χ1n) is 7.36. The minimum atomic E-state index is -0.0532. The number of aliphatic hydroxyl groups excluding tert-OH is 1. The molecule has 0 spiro atoms. The van der Waals surface area contributed by atoms with Gasteiger partial charge in [0.15, 0.2) is 0 Å². The fraction of sp³-hybridized carbons (Fsp3) is 0.600.